The van der Waals surface area contributed by atoms with Crippen molar-refractivity contribution in [2.45, 2.75) is 50.2 Å². The molecule has 0 aromatic heterocycles. The van der Waals surface area contributed by atoms with Crippen molar-refractivity contribution < 1.29 is 9.84 Å². The number of nitrogens with one attached hydrogen (secondary N) is 1. The normalized spacial score (nSPS) is 26.1. The van der Waals surface area contributed by atoms with E-state index in [4.69, 9.17) is 10.5 Å². The maximum absolute atomic E-state index is 10.6. The molecule has 0 amide bonds. The van der Waals surface area contributed by atoms with E-state index in [2.05, 4.69) is 5.32 Å². The summed E-state index contributed by atoms with van der Waals surface area (Å²) in [7, 11) is 1.64. The quantitative estimate of drug-likeness (QED) is 0.626. The van der Waals surface area contributed by atoms with Gasteiger partial charge in [-0.25, -0.2) is 0 Å². The summed E-state index contributed by atoms with van der Waals surface area (Å²) in [5.74, 6) is 0. The van der Waals surface area contributed by atoms with Crippen molar-refractivity contribution in [3.8, 4) is 0 Å². The van der Waals surface area contributed by atoms with Crippen LogP contribution < -0.4 is 11.1 Å². The van der Waals surface area contributed by atoms with Gasteiger partial charge in [-0.05, 0) is 38.8 Å². The van der Waals surface area contributed by atoms with Crippen molar-refractivity contribution in [2.24, 2.45) is 5.73 Å². The minimum Gasteiger partial charge on any atom is -0.386 e. The number of ether oxygens (including phenoxy) is 1. The van der Waals surface area contributed by atoms with Crippen LogP contribution >= 0.6 is 0 Å². The summed E-state index contributed by atoms with van der Waals surface area (Å²) < 4.78 is 5.17. The van der Waals surface area contributed by atoms with Crippen molar-refractivity contribution in [1.82, 2.24) is 5.32 Å². The number of methoxy groups -OCH3 is 1. The Morgan fingerprint density at radius 2 is 2.25 bits per heavy atom. The molecule has 0 aliphatic carbocycles. The molecule has 4 nitrogen and oxygen atoms in total. The summed E-state index contributed by atoms with van der Waals surface area (Å²) in [6.45, 7) is 2.02. The van der Waals surface area contributed by atoms with Crippen molar-refractivity contribution >= 4 is 0 Å². The molecule has 0 spiro atoms. The fraction of sp³-hybridized carbons (Fsp3) is 1.00. The fourth-order valence-corrected chi connectivity index (χ4v) is 2.49. The third-order valence-electron chi connectivity index (χ3n) is 3.42. The van der Waals surface area contributed by atoms with Crippen LogP contribution in [-0.2, 0) is 4.74 Å². The molecule has 0 aromatic rings. The summed E-state index contributed by atoms with van der Waals surface area (Å²) in [5, 5.41) is 14.1. The standard InChI is InChI=1S/C12H26N2O2/c1-16-10-12(15,7-5-8-13)11-6-3-2-4-9-14-11/h11,14-15H,2-10,13H2,1H3. The van der Waals surface area contributed by atoms with Crippen LogP contribution in [0.25, 0.3) is 0 Å². The molecule has 4 heteroatoms. The molecule has 0 bridgehead atoms. The van der Waals surface area contributed by atoms with Gasteiger partial charge in [0.1, 0.15) is 5.60 Å². The Balaban J connectivity index is 2.57. The van der Waals surface area contributed by atoms with Crippen molar-refractivity contribution in [3.05, 3.63) is 0 Å². The van der Waals surface area contributed by atoms with Gasteiger partial charge in [-0.1, -0.05) is 12.8 Å². The number of rotatable bonds is 6. The number of hydrogen-bond donors (Lipinski definition) is 3. The molecule has 1 aliphatic rings. The summed E-state index contributed by atoms with van der Waals surface area (Å²) in [4.78, 5) is 0. The van der Waals surface area contributed by atoms with E-state index in [1.54, 1.807) is 7.11 Å². The fourth-order valence-electron chi connectivity index (χ4n) is 2.49. The zero-order valence-corrected chi connectivity index (χ0v) is 10.4. The van der Waals surface area contributed by atoms with E-state index in [9.17, 15) is 5.11 Å². The van der Waals surface area contributed by atoms with Crippen LogP contribution in [0, 0.1) is 0 Å². The highest BCUT2D eigenvalue weighted by atomic mass is 16.5. The largest absolute Gasteiger partial charge is 0.386 e. The van der Waals surface area contributed by atoms with E-state index in [1.807, 2.05) is 0 Å². The van der Waals surface area contributed by atoms with Gasteiger partial charge in [-0.3, -0.25) is 0 Å². The van der Waals surface area contributed by atoms with Crippen LogP contribution in [-0.4, -0.2) is 43.6 Å². The Hall–Kier alpha value is -0.160. The van der Waals surface area contributed by atoms with E-state index >= 15 is 0 Å². The molecule has 1 heterocycles. The third kappa shape index (κ3) is 4.01. The molecule has 2 atom stereocenters. The SMILES string of the molecule is COCC(O)(CCCN)C1CCCCCN1. The van der Waals surface area contributed by atoms with Gasteiger partial charge in [0.25, 0.3) is 0 Å². The van der Waals surface area contributed by atoms with Crippen molar-refractivity contribution in [3.63, 3.8) is 0 Å². The van der Waals surface area contributed by atoms with Crippen molar-refractivity contribution in [1.29, 1.82) is 0 Å². The highest BCUT2D eigenvalue weighted by Gasteiger charge is 2.36. The summed E-state index contributed by atoms with van der Waals surface area (Å²) >= 11 is 0. The Morgan fingerprint density at radius 3 is 2.94 bits per heavy atom. The Morgan fingerprint density at radius 1 is 1.44 bits per heavy atom. The molecule has 1 fully saturated rings. The molecule has 2 unspecified atom stereocenters. The van der Waals surface area contributed by atoms with Crippen LogP contribution in [0.4, 0.5) is 0 Å². The van der Waals surface area contributed by atoms with Gasteiger partial charge in [0, 0.05) is 13.2 Å². The van der Waals surface area contributed by atoms with Gasteiger partial charge in [0.05, 0.1) is 6.61 Å². The zero-order valence-electron chi connectivity index (χ0n) is 10.4. The van der Waals surface area contributed by atoms with Gasteiger partial charge in [0.15, 0.2) is 0 Å². The molecule has 16 heavy (non-hydrogen) atoms. The second-order valence-corrected chi connectivity index (χ2v) is 4.78. The van der Waals surface area contributed by atoms with Crippen LogP contribution in [0.15, 0.2) is 0 Å². The van der Waals surface area contributed by atoms with Gasteiger partial charge < -0.3 is 20.9 Å². The van der Waals surface area contributed by atoms with Crippen LogP contribution in [0.5, 0.6) is 0 Å². The van der Waals surface area contributed by atoms with Gasteiger partial charge in [-0.15, -0.1) is 0 Å². The molecule has 0 aromatic carbocycles. The molecule has 96 valence electrons. The molecule has 0 radical (unpaired) electrons. The Kier molecular flexibility index (Phi) is 6.28. The second-order valence-electron chi connectivity index (χ2n) is 4.78. The molecular weight excluding hydrogens is 204 g/mol. The molecule has 1 rings (SSSR count). The first-order valence-electron chi connectivity index (χ1n) is 6.38. The van der Waals surface area contributed by atoms with Crippen LogP contribution in [0.1, 0.15) is 38.5 Å². The molecule has 1 saturated heterocycles. The van der Waals surface area contributed by atoms with E-state index in [0.717, 1.165) is 25.8 Å². The van der Waals surface area contributed by atoms with Crippen LogP contribution in [0.2, 0.25) is 0 Å². The van der Waals surface area contributed by atoms with Crippen molar-refractivity contribution in [2.75, 3.05) is 26.8 Å². The number of aliphatic hydroxyl groups is 1. The molecule has 4 N–H and O–H groups in total. The minimum absolute atomic E-state index is 0.154. The molecule has 0 saturated carbocycles. The zero-order chi connectivity index (χ0) is 11.9. The first-order chi connectivity index (χ1) is 7.73. The van der Waals surface area contributed by atoms with E-state index in [0.29, 0.717) is 13.2 Å². The monoisotopic (exact) mass is 230 g/mol. The summed E-state index contributed by atoms with van der Waals surface area (Å²) in [5.41, 5.74) is 4.77. The summed E-state index contributed by atoms with van der Waals surface area (Å²) in [6, 6.07) is 0.154. The highest BCUT2D eigenvalue weighted by molar-refractivity contribution is 4.92. The molecule has 1 aliphatic heterocycles. The predicted octanol–water partition coefficient (Wildman–Crippen LogP) is 0.635. The minimum atomic E-state index is -0.752. The van der Waals surface area contributed by atoms with Gasteiger partial charge >= 0.3 is 0 Å². The average molecular weight is 230 g/mol. The first-order valence-corrected chi connectivity index (χ1v) is 6.38. The predicted molar refractivity (Wildman–Crippen MR) is 65.4 cm³/mol. The lowest BCUT2D eigenvalue weighted by Crippen LogP contribution is -2.53. The lowest BCUT2D eigenvalue weighted by Gasteiger charge is -2.36. The highest BCUT2D eigenvalue weighted by Crippen LogP contribution is 2.24. The average Bonchev–Trinajstić information content (AvgIpc) is 2.55. The van der Waals surface area contributed by atoms with E-state index in [1.165, 1.54) is 19.3 Å². The Labute approximate surface area is 98.5 Å². The maximum atomic E-state index is 10.6. The smallest absolute Gasteiger partial charge is 0.103 e. The number of nitrogens with two attached hydrogens (primary N) is 1. The maximum Gasteiger partial charge on any atom is 0.103 e. The first kappa shape index (κ1) is 13.9. The third-order valence-corrected chi connectivity index (χ3v) is 3.42. The lowest BCUT2D eigenvalue weighted by molar-refractivity contribution is -0.0654. The topological polar surface area (TPSA) is 67.5 Å². The van der Waals surface area contributed by atoms with E-state index < -0.39 is 5.60 Å². The second kappa shape index (κ2) is 7.22. The van der Waals surface area contributed by atoms with Crippen LogP contribution in [0.3, 0.4) is 0 Å². The molecular formula is C12H26N2O2. The Bertz CT molecular complexity index is 182. The van der Waals surface area contributed by atoms with Gasteiger partial charge in [0.2, 0.25) is 0 Å². The summed E-state index contributed by atoms with van der Waals surface area (Å²) in [6.07, 6.45) is 6.24. The van der Waals surface area contributed by atoms with Gasteiger partial charge in [-0.2, -0.15) is 0 Å². The lowest BCUT2D eigenvalue weighted by atomic mass is 9.87. The number of hydrogen-bond acceptors (Lipinski definition) is 4. The van der Waals surface area contributed by atoms with E-state index in [-0.39, 0.29) is 6.04 Å².